The Morgan fingerprint density at radius 2 is 1.54 bits per heavy atom. The van der Waals surface area contributed by atoms with Crippen LogP contribution in [-0.4, -0.2) is 83.9 Å². The van der Waals surface area contributed by atoms with E-state index in [9.17, 15) is 29.1 Å². The van der Waals surface area contributed by atoms with E-state index in [1.807, 2.05) is 24.3 Å². The molecule has 1 fully saturated rings. The van der Waals surface area contributed by atoms with Gasteiger partial charge < -0.3 is 41.0 Å². The fourth-order valence-corrected chi connectivity index (χ4v) is 5.39. The van der Waals surface area contributed by atoms with Crippen molar-refractivity contribution in [2.24, 2.45) is 5.73 Å². The average Bonchev–Trinajstić information content (AvgIpc) is 3.55. The molecule has 52 heavy (non-hydrogen) atoms. The number of carbonyl (C=O) groups is 5. The fourth-order valence-electron chi connectivity index (χ4n) is 5.39. The van der Waals surface area contributed by atoms with Crippen LogP contribution >= 0.6 is 0 Å². The summed E-state index contributed by atoms with van der Waals surface area (Å²) >= 11 is 0. The van der Waals surface area contributed by atoms with E-state index >= 15 is 0 Å². The van der Waals surface area contributed by atoms with E-state index in [4.69, 9.17) is 25.7 Å². The Bertz CT molecular complexity index is 1910. The van der Waals surface area contributed by atoms with Crippen LogP contribution in [0.25, 0.3) is 0 Å². The zero-order valence-corrected chi connectivity index (χ0v) is 28.6. The van der Waals surface area contributed by atoms with E-state index in [0.717, 1.165) is 11.1 Å². The van der Waals surface area contributed by atoms with Gasteiger partial charge in [-0.05, 0) is 59.0 Å². The van der Waals surface area contributed by atoms with E-state index in [2.05, 4.69) is 34.0 Å². The number of nitrogens with one attached hydrogen (secondary N) is 1. The summed E-state index contributed by atoms with van der Waals surface area (Å²) in [5.74, 6) is 9.12. The van der Waals surface area contributed by atoms with Crippen molar-refractivity contribution in [1.82, 2.24) is 15.2 Å². The highest BCUT2D eigenvalue weighted by Gasteiger charge is 2.40. The SMILES string of the molecule is COC(=O)Cc1cc(C#CCOC(=O)Cc2ccnc(N)c2)cc(C#CCOC(=O)NC2CC(C(=O)O)N(C(=O)CCc3ccc(CN)cc3)C2)c1. The number of carbonyl (C=O) groups excluding carboxylic acids is 4. The Balaban J connectivity index is 1.29. The second kappa shape index (κ2) is 19.1. The topological polar surface area (TPSA) is 213 Å². The normalized spacial score (nSPS) is 14.5. The van der Waals surface area contributed by atoms with Crippen LogP contribution in [-0.2, 0) is 59.2 Å². The molecule has 0 radical (unpaired) electrons. The lowest BCUT2D eigenvalue weighted by Crippen LogP contribution is -2.41. The minimum atomic E-state index is -1.16. The number of hydrogen-bond donors (Lipinski definition) is 4. The maximum absolute atomic E-state index is 13.0. The molecule has 3 aromatic rings. The second-order valence-corrected chi connectivity index (χ2v) is 11.8. The lowest BCUT2D eigenvalue weighted by atomic mass is 10.0. The predicted octanol–water partition coefficient (Wildman–Crippen LogP) is 1.74. The maximum atomic E-state index is 13.0. The first kappa shape index (κ1) is 38.4. The molecule has 1 aromatic heterocycles. The van der Waals surface area contributed by atoms with Crippen LogP contribution in [0.2, 0.25) is 0 Å². The summed E-state index contributed by atoms with van der Waals surface area (Å²) < 4.78 is 15.1. The van der Waals surface area contributed by atoms with Crippen LogP contribution in [0.3, 0.4) is 0 Å². The summed E-state index contributed by atoms with van der Waals surface area (Å²) in [4.78, 5) is 66.6. The number of likely N-dealkylation sites (tertiary alicyclic amines) is 1. The van der Waals surface area contributed by atoms with E-state index in [0.29, 0.717) is 41.0 Å². The third-order valence-corrected chi connectivity index (χ3v) is 7.92. The molecule has 1 aliphatic heterocycles. The van der Waals surface area contributed by atoms with Gasteiger partial charge in [-0.3, -0.25) is 14.4 Å². The zero-order valence-electron chi connectivity index (χ0n) is 28.6. The van der Waals surface area contributed by atoms with E-state index in [-0.39, 0.29) is 51.3 Å². The number of ether oxygens (including phenoxy) is 3. The molecule has 1 saturated heterocycles. The number of aromatic nitrogens is 1. The molecule has 14 nitrogen and oxygen atoms in total. The number of hydrogen-bond acceptors (Lipinski definition) is 11. The number of pyridine rings is 1. The Kier molecular flexibility index (Phi) is 14.1. The van der Waals surface area contributed by atoms with Crippen LogP contribution in [0.15, 0.2) is 60.8 Å². The van der Waals surface area contributed by atoms with Crippen molar-refractivity contribution in [2.75, 3.05) is 32.6 Å². The number of anilines is 1. The molecule has 2 unspecified atom stereocenters. The average molecular weight is 710 g/mol. The van der Waals surface area contributed by atoms with Gasteiger partial charge in [0.2, 0.25) is 5.91 Å². The minimum Gasteiger partial charge on any atom is -0.480 e. The summed E-state index contributed by atoms with van der Waals surface area (Å²) in [5, 5.41) is 12.3. The monoisotopic (exact) mass is 709 g/mol. The lowest BCUT2D eigenvalue weighted by Gasteiger charge is -2.21. The number of amides is 2. The molecule has 2 heterocycles. The molecule has 0 saturated carbocycles. The number of aliphatic carboxylic acids is 1. The molecule has 1 aliphatic rings. The standard InChI is InChI=1S/C38H39N5O9/c1-50-35(45)21-30-17-27(4-2-14-51-36(46)20-29-12-13-41-33(40)19-29)16-28(18-30)5-3-15-52-38(49)42-31-22-32(37(47)48)43(24-31)34(44)11-10-25-6-8-26(23-39)9-7-25/h6-9,12-13,16-19,31-32H,10-11,14-15,20-24,39H2,1H3,(H2,40,41)(H,42,49)(H,47,48). The van der Waals surface area contributed by atoms with Crippen molar-refractivity contribution in [3.63, 3.8) is 0 Å². The van der Waals surface area contributed by atoms with Crippen LogP contribution < -0.4 is 16.8 Å². The van der Waals surface area contributed by atoms with Gasteiger partial charge in [0.25, 0.3) is 0 Å². The maximum Gasteiger partial charge on any atom is 0.408 e. The fraction of sp³-hybridized carbons (Fsp3) is 0.316. The van der Waals surface area contributed by atoms with Gasteiger partial charge in [0.05, 0.1) is 26.0 Å². The summed E-state index contributed by atoms with van der Waals surface area (Å²) in [7, 11) is 1.27. The van der Waals surface area contributed by atoms with Gasteiger partial charge in [0.1, 0.15) is 11.9 Å². The predicted molar refractivity (Wildman–Crippen MR) is 188 cm³/mol. The smallest absolute Gasteiger partial charge is 0.408 e. The summed E-state index contributed by atoms with van der Waals surface area (Å²) in [5.41, 5.74) is 15.4. The van der Waals surface area contributed by atoms with Gasteiger partial charge in [-0.1, -0.05) is 47.9 Å². The van der Waals surface area contributed by atoms with Crippen molar-refractivity contribution in [3.8, 4) is 23.7 Å². The van der Waals surface area contributed by atoms with Crippen LogP contribution in [0.4, 0.5) is 10.6 Å². The quantitative estimate of drug-likeness (QED) is 0.120. The van der Waals surface area contributed by atoms with Crippen molar-refractivity contribution >= 4 is 35.7 Å². The first-order valence-electron chi connectivity index (χ1n) is 16.3. The van der Waals surface area contributed by atoms with Crippen molar-refractivity contribution in [2.45, 2.75) is 50.7 Å². The number of nitrogens with two attached hydrogens (primary N) is 2. The molecule has 4 rings (SSSR count). The Morgan fingerprint density at radius 1 is 0.885 bits per heavy atom. The molecule has 2 aromatic carbocycles. The zero-order chi connectivity index (χ0) is 37.5. The first-order valence-corrected chi connectivity index (χ1v) is 16.3. The number of alkyl carbamates (subject to hydrolysis) is 1. The minimum absolute atomic E-state index is 0.0107. The molecule has 270 valence electrons. The molecular weight excluding hydrogens is 670 g/mol. The summed E-state index contributed by atoms with van der Waals surface area (Å²) in [6.45, 7) is -0.0319. The molecule has 0 aliphatic carbocycles. The number of nitrogens with zero attached hydrogens (tertiary/aromatic N) is 2. The number of carboxylic acids is 1. The van der Waals surface area contributed by atoms with Gasteiger partial charge in [0, 0.05) is 43.3 Å². The van der Waals surface area contributed by atoms with Gasteiger partial charge in [-0.25, -0.2) is 14.6 Å². The third-order valence-electron chi connectivity index (χ3n) is 7.92. The molecule has 0 spiro atoms. The number of methoxy groups -OCH3 is 1. The van der Waals surface area contributed by atoms with Gasteiger partial charge in [0.15, 0.2) is 13.2 Å². The number of benzene rings is 2. The van der Waals surface area contributed by atoms with Crippen LogP contribution in [0, 0.1) is 23.7 Å². The van der Waals surface area contributed by atoms with E-state index in [1.165, 1.54) is 18.2 Å². The van der Waals surface area contributed by atoms with Crippen molar-refractivity contribution in [1.29, 1.82) is 0 Å². The summed E-state index contributed by atoms with van der Waals surface area (Å²) in [6.07, 6.45) is 1.24. The molecule has 0 bridgehead atoms. The van der Waals surface area contributed by atoms with Crippen LogP contribution in [0.5, 0.6) is 0 Å². The van der Waals surface area contributed by atoms with Crippen molar-refractivity contribution < 1.29 is 43.3 Å². The van der Waals surface area contributed by atoms with E-state index in [1.54, 1.807) is 30.3 Å². The summed E-state index contributed by atoms with van der Waals surface area (Å²) in [6, 6.07) is 14.1. The number of carboxylic acid groups (broad SMARTS) is 1. The second-order valence-electron chi connectivity index (χ2n) is 11.8. The molecule has 2 amide bonds. The van der Waals surface area contributed by atoms with Crippen molar-refractivity contribution in [3.05, 3.63) is 94.2 Å². The number of nitrogen functional groups attached to an aromatic ring is 1. The lowest BCUT2D eigenvalue weighted by molar-refractivity contribution is -0.148. The first-order chi connectivity index (χ1) is 25.0. The van der Waals surface area contributed by atoms with Gasteiger partial charge >= 0.3 is 24.0 Å². The highest BCUT2D eigenvalue weighted by molar-refractivity contribution is 5.85. The number of esters is 2. The third kappa shape index (κ3) is 12.2. The Morgan fingerprint density at radius 3 is 2.17 bits per heavy atom. The largest absolute Gasteiger partial charge is 0.480 e. The van der Waals surface area contributed by atoms with E-state index < -0.39 is 36.1 Å². The molecular formula is C38H39N5O9. The van der Waals surface area contributed by atoms with Crippen LogP contribution in [0.1, 0.15) is 46.2 Å². The number of rotatable bonds is 12. The Hall–Kier alpha value is -6.38. The number of aryl methyl sites for hydroxylation is 1. The highest BCUT2D eigenvalue weighted by Crippen LogP contribution is 2.21. The molecule has 6 N–H and O–H groups in total. The van der Waals surface area contributed by atoms with Gasteiger partial charge in [-0.15, -0.1) is 0 Å². The highest BCUT2D eigenvalue weighted by atomic mass is 16.5. The molecule has 14 heteroatoms. The van der Waals surface area contributed by atoms with Gasteiger partial charge in [-0.2, -0.15) is 0 Å². The molecule has 2 atom stereocenters. The Labute approximate surface area is 300 Å².